The van der Waals surface area contributed by atoms with Crippen LogP contribution in [-0.2, 0) is 25.3 Å². The van der Waals surface area contributed by atoms with Crippen molar-refractivity contribution in [3.05, 3.63) is 0 Å². The number of carboxylic acids is 1. The molecule has 0 radical (unpaired) electrons. The highest BCUT2D eigenvalue weighted by atomic mass is 32.1. The number of thiol groups is 1. The normalized spacial score (nSPS) is 10.8. The second-order valence-electron chi connectivity index (χ2n) is 2.04. The second kappa shape index (κ2) is 8.94. The van der Waals surface area contributed by atoms with Gasteiger partial charge in [-0.3, -0.25) is 9.59 Å². The lowest BCUT2D eigenvalue weighted by Crippen LogP contribution is -2.31. The highest BCUT2D eigenvalue weighted by Gasteiger charge is 2.11. The van der Waals surface area contributed by atoms with Crippen LogP contribution >= 0.6 is 0 Å². The summed E-state index contributed by atoms with van der Waals surface area (Å²) in [5, 5.41) is 8.22. The fourth-order valence-corrected chi connectivity index (χ4v) is 0.421. The Balaban J connectivity index is 0. The van der Waals surface area contributed by atoms with Crippen molar-refractivity contribution in [2.24, 2.45) is 11.5 Å². The minimum atomic E-state index is -1.11. The number of amides is 1. The molecule has 0 aromatic rings. The molecule has 0 bridgehead atoms. The van der Waals surface area contributed by atoms with E-state index in [2.05, 4.69) is 0 Å². The maximum atomic E-state index is 10.1. The predicted octanol–water partition coefficient (Wildman–Crippen LogP) is -1.43. The average molecular weight is 210 g/mol. The lowest BCUT2D eigenvalue weighted by Gasteiger charge is -2.01. The molecule has 13 heavy (non-hydrogen) atoms. The van der Waals surface area contributed by atoms with E-state index in [0.29, 0.717) is 0 Å². The molecule has 0 aliphatic carbocycles. The lowest BCUT2D eigenvalue weighted by atomic mass is 10.2. The average Bonchev–Trinajstić information content (AvgIpc) is 2.01. The summed E-state index contributed by atoms with van der Waals surface area (Å²) in [4.78, 5) is 20.1. The first-order chi connectivity index (χ1) is 5.95. The Labute approximate surface area is 78.1 Å². The number of hydrogen-bond donors (Lipinski definition) is 4. The molecule has 1 unspecified atom stereocenters. The number of nitrogens with one attached hydrogen (secondary N) is 1. The van der Waals surface area contributed by atoms with E-state index < -0.39 is 29.4 Å². The zero-order chi connectivity index (χ0) is 10.9. The third kappa shape index (κ3) is 13.8. The van der Waals surface area contributed by atoms with Crippen molar-refractivity contribution in [2.75, 3.05) is 0 Å². The molecule has 6 N–H and O–H groups in total. The van der Waals surface area contributed by atoms with E-state index in [9.17, 15) is 9.59 Å². The molecule has 8 heteroatoms. The summed E-state index contributed by atoms with van der Waals surface area (Å²) in [6.07, 6.45) is 0.123. The maximum absolute atomic E-state index is 10.1. The Morgan fingerprint density at radius 1 is 1.54 bits per heavy atom. The van der Waals surface area contributed by atoms with Crippen molar-refractivity contribution in [1.82, 2.24) is 0 Å². The Kier molecular flexibility index (Phi) is 9.89. The zero-order valence-electron chi connectivity index (χ0n) is 6.77. The third-order valence-corrected chi connectivity index (χ3v) is 1.02. The molecule has 0 heterocycles. The van der Waals surface area contributed by atoms with Gasteiger partial charge in [0.05, 0.1) is 0 Å². The Hall–Kier alpha value is -1.15. The van der Waals surface area contributed by atoms with Gasteiger partial charge in [-0.25, -0.2) is 11.5 Å². The van der Waals surface area contributed by atoms with E-state index in [1.54, 1.807) is 0 Å². The molecule has 7 nitrogen and oxygen atoms in total. The van der Waals surface area contributed by atoms with Crippen LogP contribution in [0.5, 0.6) is 0 Å². The molecule has 0 aromatic carbocycles. The van der Waals surface area contributed by atoms with Crippen LogP contribution < -0.4 is 11.5 Å². The van der Waals surface area contributed by atoms with Crippen LogP contribution in [0.4, 0.5) is 0 Å². The molecular weight excluding hydrogens is 198 g/mol. The molecule has 0 aromatic heterocycles. The molecule has 0 aliphatic heterocycles. The van der Waals surface area contributed by atoms with Crippen molar-refractivity contribution in [3.63, 3.8) is 0 Å². The number of hydrogen-bond acceptors (Lipinski definition) is 6. The minimum Gasteiger partial charge on any atom is -0.480 e. The van der Waals surface area contributed by atoms with Crippen molar-refractivity contribution in [3.8, 4) is 0 Å². The Morgan fingerprint density at radius 2 is 1.92 bits per heavy atom. The van der Waals surface area contributed by atoms with Crippen LogP contribution in [-0.4, -0.2) is 23.0 Å². The first-order valence-electron chi connectivity index (χ1n) is 3.21. The van der Waals surface area contributed by atoms with Crippen molar-refractivity contribution >= 4 is 23.3 Å². The van der Waals surface area contributed by atoms with E-state index >= 15 is 0 Å². The van der Waals surface area contributed by atoms with Gasteiger partial charge in [0.25, 0.3) is 0 Å². The first-order valence-corrected chi connectivity index (χ1v) is 4.02. The molecule has 1 atom stereocenters. The highest BCUT2D eigenvalue weighted by molar-refractivity contribution is 7.52. The monoisotopic (exact) mass is 210 g/mol. The Bertz CT molecular complexity index is 214. The number of primary amides is 1. The van der Waals surface area contributed by atoms with Crippen LogP contribution in [0.3, 0.4) is 0 Å². The van der Waals surface area contributed by atoms with Crippen LogP contribution in [0.25, 0.3) is 0 Å². The van der Waals surface area contributed by atoms with Crippen molar-refractivity contribution < 1.29 is 18.9 Å². The summed E-state index contributed by atoms with van der Waals surface area (Å²) in [5.74, 6) is -1.64. The molecular formula is C5H12N3O4S-. The van der Waals surface area contributed by atoms with E-state index in [0.717, 1.165) is 0 Å². The van der Waals surface area contributed by atoms with Gasteiger partial charge in [0, 0.05) is 6.42 Å². The summed E-state index contributed by atoms with van der Waals surface area (Å²) < 4.78 is 14.2. The van der Waals surface area contributed by atoms with Gasteiger partial charge in [0.2, 0.25) is 5.91 Å². The zero-order valence-corrected chi connectivity index (χ0v) is 7.66. The minimum absolute atomic E-state index is 0.0213. The molecule has 0 fully saturated rings. The maximum Gasteiger partial charge on any atom is 0.320 e. The first kappa shape index (κ1) is 14.4. The number of nitrogens with two attached hydrogens (primary N) is 2. The molecule has 0 saturated carbocycles. The summed E-state index contributed by atoms with van der Waals surface area (Å²) in [6, 6.07) is -0.979. The number of carbonyl (C=O) groups is 2. The molecule has 0 aliphatic rings. The standard InChI is InChI=1S/C5H10N2O3.H2NOS/c6-3(5(9)10)1-2-4(7)8;1-3-2/h3H,1-2,6H2,(H2,7,8)(H,9,10);1,3H/q;-1. The molecule has 0 spiro atoms. The third-order valence-electron chi connectivity index (χ3n) is 1.02. The number of carboxylic acid groups (broad SMARTS) is 1. The van der Waals surface area contributed by atoms with Gasteiger partial charge in [-0.2, -0.15) is 0 Å². The summed E-state index contributed by atoms with van der Waals surface area (Å²) in [6.45, 7) is 0. The van der Waals surface area contributed by atoms with Gasteiger partial charge >= 0.3 is 5.97 Å². The predicted molar refractivity (Wildman–Crippen MR) is 46.2 cm³/mol. The van der Waals surface area contributed by atoms with Gasteiger partial charge in [-0.15, -0.1) is 0 Å². The highest BCUT2D eigenvalue weighted by Crippen LogP contribution is 1.92. The van der Waals surface area contributed by atoms with E-state index in [1.165, 1.54) is 0 Å². The van der Waals surface area contributed by atoms with Gasteiger partial charge < -0.3 is 25.6 Å². The SMILES string of the molecule is N=[SH-]=O.NC(=O)CCC(N)C(=O)O. The molecule has 1 amide bonds. The van der Waals surface area contributed by atoms with Crippen LogP contribution in [0.1, 0.15) is 12.8 Å². The largest absolute Gasteiger partial charge is 0.480 e. The van der Waals surface area contributed by atoms with Crippen molar-refractivity contribution in [1.29, 1.82) is 4.78 Å². The summed E-state index contributed by atoms with van der Waals surface area (Å²) >= 11 is -0.583. The molecule has 78 valence electrons. The van der Waals surface area contributed by atoms with E-state index in [-0.39, 0.29) is 12.8 Å². The van der Waals surface area contributed by atoms with E-state index in [1.807, 2.05) is 0 Å². The molecule has 0 saturated heterocycles. The van der Waals surface area contributed by atoms with E-state index in [4.69, 9.17) is 25.6 Å². The van der Waals surface area contributed by atoms with Crippen LogP contribution in [0, 0.1) is 4.78 Å². The fourth-order valence-electron chi connectivity index (χ4n) is 0.421. The molecule has 0 rings (SSSR count). The quantitative estimate of drug-likeness (QED) is 0.332. The summed E-state index contributed by atoms with van der Waals surface area (Å²) in [5.41, 5.74) is 9.81. The smallest absolute Gasteiger partial charge is 0.320 e. The van der Waals surface area contributed by atoms with Gasteiger partial charge in [0.15, 0.2) is 0 Å². The Morgan fingerprint density at radius 3 is 2.15 bits per heavy atom. The number of rotatable bonds is 4. The van der Waals surface area contributed by atoms with Crippen LogP contribution in [0.15, 0.2) is 0 Å². The van der Waals surface area contributed by atoms with Crippen LogP contribution in [0.2, 0.25) is 0 Å². The number of aliphatic carboxylic acids is 1. The topological polar surface area (TPSA) is 147 Å². The fraction of sp³-hybridized carbons (Fsp3) is 0.600. The van der Waals surface area contributed by atoms with Gasteiger partial charge in [0.1, 0.15) is 6.04 Å². The van der Waals surface area contributed by atoms with Gasteiger partial charge in [-0.05, 0) is 6.42 Å². The van der Waals surface area contributed by atoms with Crippen molar-refractivity contribution in [2.45, 2.75) is 18.9 Å². The lowest BCUT2D eigenvalue weighted by molar-refractivity contribution is -0.138. The second-order valence-corrected chi connectivity index (χ2v) is 2.22. The summed E-state index contributed by atoms with van der Waals surface area (Å²) in [7, 11) is 0. The number of carbonyl (C=O) groups excluding carboxylic acids is 1. The van der Waals surface area contributed by atoms with Gasteiger partial charge in [-0.1, -0.05) is 0 Å².